The Balaban J connectivity index is 1.59. The largest absolute Gasteiger partial charge is 0.508 e. The highest BCUT2D eigenvalue weighted by molar-refractivity contribution is 5.92. The summed E-state index contributed by atoms with van der Waals surface area (Å²) in [6.07, 6.45) is 2.03. The van der Waals surface area contributed by atoms with Crippen LogP contribution >= 0.6 is 0 Å². The van der Waals surface area contributed by atoms with Crippen molar-refractivity contribution in [2.45, 2.75) is 6.42 Å². The minimum Gasteiger partial charge on any atom is -0.508 e. The van der Waals surface area contributed by atoms with Crippen LogP contribution in [-0.4, -0.2) is 22.5 Å². The smallest absolute Gasteiger partial charge is 0.269 e. The Labute approximate surface area is 145 Å². The van der Waals surface area contributed by atoms with Crippen molar-refractivity contribution in [1.29, 1.82) is 0 Å². The summed E-state index contributed by atoms with van der Waals surface area (Å²) in [4.78, 5) is 16.3. The summed E-state index contributed by atoms with van der Waals surface area (Å²) in [5.41, 5.74) is 2.62. The SMILES string of the molecule is O=C(NCCc1ccccc1F)c1ccc(-c2ccc(O)cc2)cn1. The number of phenols is 1. The zero-order chi connectivity index (χ0) is 17.6. The third-order valence-corrected chi connectivity index (χ3v) is 3.83. The van der Waals surface area contributed by atoms with Crippen molar-refractivity contribution < 1.29 is 14.3 Å². The zero-order valence-electron chi connectivity index (χ0n) is 13.4. The number of amides is 1. The second kappa shape index (κ2) is 7.57. The van der Waals surface area contributed by atoms with E-state index >= 15 is 0 Å². The predicted octanol–water partition coefficient (Wildman–Crippen LogP) is 3.57. The fourth-order valence-corrected chi connectivity index (χ4v) is 2.46. The molecule has 1 heterocycles. The quantitative estimate of drug-likeness (QED) is 0.749. The van der Waals surface area contributed by atoms with Gasteiger partial charge in [0.15, 0.2) is 0 Å². The van der Waals surface area contributed by atoms with Gasteiger partial charge in [-0.3, -0.25) is 9.78 Å². The topological polar surface area (TPSA) is 62.2 Å². The molecule has 0 aliphatic rings. The van der Waals surface area contributed by atoms with Crippen LogP contribution in [0.1, 0.15) is 16.1 Å². The molecule has 0 fully saturated rings. The zero-order valence-corrected chi connectivity index (χ0v) is 13.4. The molecule has 2 aromatic carbocycles. The Morgan fingerprint density at radius 3 is 2.40 bits per heavy atom. The Kier molecular flexibility index (Phi) is 5.04. The number of carbonyl (C=O) groups is 1. The number of aromatic nitrogens is 1. The molecule has 3 rings (SSSR count). The third-order valence-electron chi connectivity index (χ3n) is 3.83. The van der Waals surface area contributed by atoms with Crippen LogP contribution in [0.4, 0.5) is 4.39 Å². The van der Waals surface area contributed by atoms with Crippen LogP contribution in [0.3, 0.4) is 0 Å². The van der Waals surface area contributed by atoms with Gasteiger partial charge >= 0.3 is 0 Å². The van der Waals surface area contributed by atoms with E-state index < -0.39 is 0 Å². The molecule has 0 spiro atoms. The minimum absolute atomic E-state index is 0.197. The van der Waals surface area contributed by atoms with Crippen molar-refractivity contribution >= 4 is 5.91 Å². The van der Waals surface area contributed by atoms with Crippen LogP contribution in [0.25, 0.3) is 11.1 Å². The van der Waals surface area contributed by atoms with Gasteiger partial charge in [-0.25, -0.2) is 4.39 Å². The number of benzene rings is 2. The molecular formula is C20H17FN2O2. The molecule has 1 aromatic heterocycles. The number of carbonyl (C=O) groups excluding carboxylic acids is 1. The van der Waals surface area contributed by atoms with E-state index in [2.05, 4.69) is 10.3 Å². The molecule has 5 heteroatoms. The number of nitrogens with one attached hydrogen (secondary N) is 1. The summed E-state index contributed by atoms with van der Waals surface area (Å²) in [6.45, 7) is 0.334. The summed E-state index contributed by atoms with van der Waals surface area (Å²) in [7, 11) is 0. The second-order valence-corrected chi connectivity index (χ2v) is 5.58. The van der Waals surface area contributed by atoms with Crippen molar-refractivity contribution in [3.8, 4) is 16.9 Å². The first kappa shape index (κ1) is 16.6. The lowest BCUT2D eigenvalue weighted by Gasteiger charge is -2.07. The summed E-state index contributed by atoms with van der Waals surface area (Å²) < 4.78 is 13.5. The van der Waals surface area contributed by atoms with Crippen LogP contribution in [0, 0.1) is 5.82 Å². The van der Waals surface area contributed by atoms with E-state index in [-0.39, 0.29) is 17.5 Å². The standard InChI is InChI=1S/C20H17FN2O2/c21-18-4-2-1-3-15(18)11-12-22-20(25)19-10-7-16(13-23-19)14-5-8-17(24)9-6-14/h1-10,13,24H,11-12H2,(H,22,25). The van der Waals surface area contributed by atoms with Gasteiger partial charge in [-0.2, -0.15) is 0 Å². The Hall–Kier alpha value is -3.21. The molecule has 0 saturated heterocycles. The molecule has 0 saturated carbocycles. The third kappa shape index (κ3) is 4.20. The van der Waals surface area contributed by atoms with Gasteiger partial charge in [0.1, 0.15) is 17.3 Å². The molecule has 2 N–H and O–H groups in total. The molecule has 0 aliphatic carbocycles. The molecule has 3 aromatic rings. The Morgan fingerprint density at radius 1 is 1.00 bits per heavy atom. The van der Waals surface area contributed by atoms with Gasteiger partial charge in [-0.15, -0.1) is 0 Å². The molecule has 4 nitrogen and oxygen atoms in total. The first-order valence-electron chi connectivity index (χ1n) is 7.90. The molecule has 0 unspecified atom stereocenters. The maximum absolute atomic E-state index is 13.5. The molecule has 0 radical (unpaired) electrons. The lowest BCUT2D eigenvalue weighted by Crippen LogP contribution is -2.26. The maximum Gasteiger partial charge on any atom is 0.269 e. The Morgan fingerprint density at radius 2 is 1.72 bits per heavy atom. The summed E-state index contributed by atoms with van der Waals surface area (Å²) in [6, 6.07) is 16.7. The van der Waals surface area contributed by atoms with Crippen LogP contribution in [0.15, 0.2) is 66.9 Å². The molecule has 126 valence electrons. The highest BCUT2D eigenvalue weighted by Crippen LogP contribution is 2.21. The van der Waals surface area contributed by atoms with Crippen molar-refractivity contribution in [2.24, 2.45) is 0 Å². The van der Waals surface area contributed by atoms with E-state index in [4.69, 9.17) is 0 Å². The van der Waals surface area contributed by atoms with E-state index in [1.807, 2.05) is 0 Å². The van der Waals surface area contributed by atoms with Crippen LogP contribution < -0.4 is 5.32 Å². The van der Waals surface area contributed by atoms with E-state index in [9.17, 15) is 14.3 Å². The van der Waals surface area contributed by atoms with E-state index in [0.717, 1.165) is 11.1 Å². The monoisotopic (exact) mass is 336 g/mol. The molecule has 0 aliphatic heterocycles. The van der Waals surface area contributed by atoms with E-state index in [0.29, 0.717) is 24.2 Å². The van der Waals surface area contributed by atoms with Gasteiger partial charge < -0.3 is 10.4 Å². The normalized spacial score (nSPS) is 10.4. The highest BCUT2D eigenvalue weighted by atomic mass is 19.1. The highest BCUT2D eigenvalue weighted by Gasteiger charge is 2.08. The van der Waals surface area contributed by atoms with Crippen LogP contribution in [0.2, 0.25) is 0 Å². The van der Waals surface area contributed by atoms with Gasteiger partial charge in [0.25, 0.3) is 5.91 Å². The number of pyridine rings is 1. The number of aromatic hydroxyl groups is 1. The van der Waals surface area contributed by atoms with Gasteiger partial charge in [0, 0.05) is 18.3 Å². The van der Waals surface area contributed by atoms with E-state index in [1.54, 1.807) is 60.8 Å². The van der Waals surface area contributed by atoms with Gasteiger partial charge in [0.05, 0.1) is 0 Å². The average Bonchev–Trinajstić information content (AvgIpc) is 2.64. The van der Waals surface area contributed by atoms with Crippen LogP contribution in [-0.2, 0) is 6.42 Å². The predicted molar refractivity (Wildman–Crippen MR) is 93.8 cm³/mol. The lowest BCUT2D eigenvalue weighted by atomic mass is 10.1. The Bertz CT molecular complexity index is 862. The van der Waals surface area contributed by atoms with E-state index in [1.165, 1.54) is 6.07 Å². The number of phenolic OH excluding ortho intramolecular Hbond substituents is 1. The van der Waals surface area contributed by atoms with Crippen molar-refractivity contribution in [1.82, 2.24) is 10.3 Å². The minimum atomic E-state index is -0.298. The van der Waals surface area contributed by atoms with Crippen molar-refractivity contribution in [3.05, 3.63) is 83.9 Å². The summed E-state index contributed by atoms with van der Waals surface area (Å²) in [5.74, 6) is -0.371. The summed E-state index contributed by atoms with van der Waals surface area (Å²) in [5, 5.41) is 12.1. The number of rotatable bonds is 5. The van der Waals surface area contributed by atoms with Gasteiger partial charge in [-0.05, 0) is 41.8 Å². The molecule has 0 atom stereocenters. The number of halogens is 1. The fourth-order valence-electron chi connectivity index (χ4n) is 2.46. The lowest BCUT2D eigenvalue weighted by molar-refractivity contribution is 0.0949. The summed E-state index contributed by atoms with van der Waals surface area (Å²) >= 11 is 0. The molecule has 1 amide bonds. The van der Waals surface area contributed by atoms with Crippen molar-refractivity contribution in [2.75, 3.05) is 6.54 Å². The maximum atomic E-state index is 13.5. The molecule has 25 heavy (non-hydrogen) atoms. The van der Waals surface area contributed by atoms with Gasteiger partial charge in [0.2, 0.25) is 0 Å². The molecule has 0 bridgehead atoms. The fraction of sp³-hybridized carbons (Fsp3) is 0.100. The first-order chi connectivity index (χ1) is 12.1. The first-order valence-corrected chi connectivity index (χ1v) is 7.90. The second-order valence-electron chi connectivity index (χ2n) is 5.58. The molecular weight excluding hydrogens is 319 g/mol. The average molecular weight is 336 g/mol. The number of hydrogen-bond donors (Lipinski definition) is 2. The van der Waals surface area contributed by atoms with Gasteiger partial charge in [-0.1, -0.05) is 36.4 Å². The van der Waals surface area contributed by atoms with Crippen LogP contribution in [0.5, 0.6) is 5.75 Å². The number of nitrogens with zero attached hydrogens (tertiary/aromatic N) is 1. The van der Waals surface area contributed by atoms with Crippen molar-refractivity contribution in [3.63, 3.8) is 0 Å². The number of hydrogen-bond acceptors (Lipinski definition) is 3.